The van der Waals surface area contributed by atoms with Crippen molar-refractivity contribution in [2.75, 3.05) is 40.5 Å². The van der Waals surface area contributed by atoms with Gasteiger partial charge in [0.25, 0.3) is 0 Å². The van der Waals surface area contributed by atoms with Gasteiger partial charge >= 0.3 is 0 Å². The van der Waals surface area contributed by atoms with Crippen LogP contribution in [0.5, 0.6) is 0 Å². The van der Waals surface area contributed by atoms with Gasteiger partial charge in [0.2, 0.25) is 11.8 Å². The molecule has 7 nitrogen and oxygen atoms in total. The number of nitrogens with one attached hydrogen (secondary N) is 2. The third-order valence-electron chi connectivity index (χ3n) is 2.25. The minimum atomic E-state index is -0.605. The molecule has 18 heavy (non-hydrogen) atoms. The van der Waals surface area contributed by atoms with Gasteiger partial charge in [0, 0.05) is 27.4 Å². The van der Waals surface area contributed by atoms with Crippen LogP contribution in [0.3, 0.4) is 0 Å². The van der Waals surface area contributed by atoms with E-state index in [4.69, 9.17) is 15.2 Å². The summed E-state index contributed by atoms with van der Waals surface area (Å²) in [6, 6.07) is -0.605. The summed E-state index contributed by atoms with van der Waals surface area (Å²) in [6.45, 7) is 1.36. The van der Waals surface area contributed by atoms with Crippen LogP contribution >= 0.6 is 0 Å². The van der Waals surface area contributed by atoms with Crippen LogP contribution < -0.4 is 16.4 Å². The normalized spacial score (nSPS) is 11.9. The van der Waals surface area contributed by atoms with Crippen molar-refractivity contribution in [3.63, 3.8) is 0 Å². The molecule has 106 valence electrons. The van der Waals surface area contributed by atoms with Gasteiger partial charge < -0.3 is 25.8 Å². The Balaban J connectivity index is 3.64. The van der Waals surface area contributed by atoms with Crippen molar-refractivity contribution in [1.29, 1.82) is 0 Å². The fraction of sp³-hybridized carbons (Fsp3) is 0.818. The standard InChI is InChI=1S/C11H23N3O4/c1-17-6-3-4-9(12)11(16)14-8-10(15)13-5-7-18-2/h9H,3-8,12H2,1-2H3,(H,13,15)(H,14,16). The first kappa shape index (κ1) is 16.8. The van der Waals surface area contributed by atoms with Crippen LogP contribution in [0.25, 0.3) is 0 Å². The number of methoxy groups -OCH3 is 2. The number of amides is 2. The Morgan fingerprint density at radius 2 is 1.83 bits per heavy atom. The maximum atomic E-state index is 11.5. The summed E-state index contributed by atoms with van der Waals surface area (Å²) in [5.41, 5.74) is 5.65. The zero-order valence-corrected chi connectivity index (χ0v) is 11.0. The maximum Gasteiger partial charge on any atom is 0.239 e. The lowest BCUT2D eigenvalue weighted by molar-refractivity contribution is -0.127. The molecule has 0 aromatic carbocycles. The topological polar surface area (TPSA) is 103 Å². The molecule has 0 bridgehead atoms. The summed E-state index contributed by atoms with van der Waals surface area (Å²) < 4.78 is 9.64. The number of carbonyl (C=O) groups is 2. The molecular weight excluding hydrogens is 238 g/mol. The molecule has 0 heterocycles. The van der Waals surface area contributed by atoms with Crippen molar-refractivity contribution in [2.24, 2.45) is 5.73 Å². The average Bonchev–Trinajstić information content (AvgIpc) is 2.36. The van der Waals surface area contributed by atoms with Crippen LogP contribution in [-0.4, -0.2) is 58.4 Å². The highest BCUT2D eigenvalue weighted by molar-refractivity contribution is 5.87. The van der Waals surface area contributed by atoms with E-state index < -0.39 is 6.04 Å². The Kier molecular flexibility index (Phi) is 10.2. The van der Waals surface area contributed by atoms with Gasteiger partial charge in [-0.15, -0.1) is 0 Å². The fourth-order valence-corrected chi connectivity index (χ4v) is 1.23. The van der Waals surface area contributed by atoms with Crippen LogP contribution in [0, 0.1) is 0 Å². The van der Waals surface area contributed by atoms with Crippen LogP contribution in [0.4, 0.5) is 0 Å². The molecule has 0 aromatic heterocycles. The number of hydrogen-bond acceptors (Lipinski definition) is 5. The predicted molar refractivity (Wildman–Crippen MR) is 67.0 cm³/mol. The molecule has 0 aliphatic heterocycles. The molecule has 0 aromatic rings. The second-order valence-corrected chi connectivity index (χ2v) is 3.80. The average molecular weight is 261 g/mol. The molecule has 1 atom stereocenters. The SMILES string of the molecule is COCCCC(N)C(=O)NCC(=O)NCCOC. The number of hydrogen-bond donors (Lipinski definition) is 3. The van der Waals surface area contributed by atoms with E-state index in [-0.39, 0.29) is 18.4 Å². The fourth-order valence-electron chi connectivity index (χ4n) is 1.23. The largest absolute Gasteiger partial charge is 0.385 e. The quantitative estimate of drug-likeness (QED) is 0.421. The Hall–Kier alpha value is -1.18. The maximum absolute atomic E-state index is 11.5. The molecule has 0 radical (unpaired) electrons. The van der Waals surface area contributed by atoms with E-state index in [2.05, 4.69) is 10.6 Å². The summed E-state index contributed by atoms with van der Waals surface area (Å²) >= 11 is 0. The zero-order chi connectivity index (χ0) is 13.8. The van der Waals surface area contributed by atoms with E-state index in [1.807, 2.05) is 0 Å². The van der Waals surface area contributed by atoms with Crippen LogP contribution in [0.1, 0.15) is 12.8 Å². The lowest BCUT2D eigenvalue weighted by atomic mass is 10.1. The van der Waals surface area contributed by atoms with Crippen molar-refractivity contribution < 1.29 is 19.1 Å². The monoisotopic (exact) mass is 261 g/mol. The summed E-state index contributed by atoms with van der Waals surface area (Å²) in [5.74, 6) is -0.586. The number of carbonyl (C=O) groups excluding carboxylic acids is 2. The molecule has 0 fully saturated rings. The molecule has 0 aliphatic carbocycles. The van der Waals surface area contributed by atoms with Crippen LogP contribution in [0.15, 0.2) is 0 Å². The first-order valence-corrected chi connectivity index (χ1v) is 5.89. The Bertz CT molecular complexity index is 248. The second-order valence-electron chi connectivity index (χ2n) is 3.80. The smallest absolute Gasteiger partial charge is 0.239 e. The summed E-state index contributed by atoms with van der Waals surface area (Å²) in [7, 11) is 3.14. The highest BCUT2D eigenvalue weighted by Crippen LogP contribution is 1.94. The van der Waals surface area contributed by atoms with E-state index in [1.54, 1.807) is 14.2 Å². The third kappa shape index (κ3) is 8.91. The zero-order valence-electron chi connectivity index (χ0n) is 11.0. The van der Waals surface area contributed by atoms with Gasteiger partial charge in [0.05, 0.1) is 19.2 Å². The van der Waals surface area contributed by atoms with Gasteiger partial charge in [-0.05, 0) is 12.8 Å². The van der Waals surface area contributed by atoms with Crippen molar-refractivity contribution in [1.82, 2.24) is 10.6 Å². The van der Waals surface area contributed by atoms with E-state index in [0.29, 0.717) is 32.6 Å². The van der Waals surface area contributed by atoms with E-state index in [0.717, 1.165) is 0 Å². The second kappa shape index (κ2) is 10.9. The van der Waals surface area contributed by atoms with Gasteiger partial charge in [-0.3, -0.25) is 9.59 Å². The number of nitrogens with two attached hydrogens (primary N) is 1. The third-order valence-corrected chi connectivity index (χ3v) is 2.25. The Labute approximate surface area is 107 Å². The van der Waals surface area contributed by atoms with E-state index in [9.17, 15) is 9.59 Å². The van der Waals surface area contributed by atoms with Gasteiger partial charge in [-0.1, -0.05) is 0 Å². The molecule has 0 saturated heterocycles. The lowest BCUT2D eigenvalue weighted by Gasteiger charge is -2.11. The molecule has 7 heteroatoms. The highest BCUT2D eigenvalue weighted by atomic mass is 16.5. The predicted octanol–water partition coefficient (Wildman–Crippen LogP) is -1.38. The molecule has 0 aliphatic rings. The first-order chi connectivity index (χ1) is 8.61. The minimum absolute atomic E-state index is 0.0689. The van der Waals surface area contributed by atoms with Crippen LogP contribution in [0.2, 0.25) is 0 Å². The van der Waals surface area contributed by atoms with Crippen molar-refractivity contribution in [2.45, 2.75) is 18.9 Å². The molecule has 0 rings (SSSR count). The summed E-state index contributed by atoms with van der Waals surface area (Å²) in [4.78, 5) is 22.8. The highest BCUT2D eigenvalue weighted by Gasteiger charge is 2.13. The van der Waals surface area contributed by atoms with Gasteiger partial charge in [0.1, 0.15) is 0 Å². The summed E-state index contributed by atoms with van der Waals surface area (Å²) in [6.07, 6.45) is 1.25. The van der Waals surface area contributed by atoms with Crippen molar-refractivity contribution in [3.8, 4) is 0 Å². The molecule has 2 amide bonds. The first-order valence-electron chi connectivity index (χ1n) is 5.89. The summed E-state index contributed by atoms with van der Waals surface area (Å²) in [5, 5.41) is 5.07. The van der Waals surface area contributed by atoms with E-state index >= 15 is 0 Å². The van der Waals surface area contributed by atoms with E-state index in [1.165, 1.54) is 0 Å². The number of rotatable bonds is 10. The van der Waals surface area contributed by atoms with Gasteiger partial charge in [-0.25, -0.2) is 0 Å². The molecule has 0 saturated carbocycles. The molecule has 4 N–H and O–H groups in total. The van der Waals surface area contributed by atoms with Crippen molar-refractivity contribution in [3.05, 3.63) is 0 Å². The molecule has 1 unspecified atom stereocenters. The molecular formula is C11H23N3O4. The Morgan fingerprint density at radius 1 is 1.17 bits per heavy atom. The Morgan fingerprint density at radius 3 is 2.44 bits per heavy atom. The number of ether oxygens (including phenoxy) is 2. The van der Waals surface area contributed by atoms with Gasteiger partial charge in [0.15, 0.2) is 0 Å². The van der Waals surface area contributed by atoms with Crippen LogP contribution in [-0.2, 0) is 19.1 Å². The lowest BCUT2D eigenvalue weighted by Crippen LogP contribution is -2.45. The molecule has 0 spiro atoms. The van der Waals surface area contributed by atoms with Crippen molar-refractivity contribution >= 4 is 11.8 Å². The van der Waals surface area contributed by atoms with Gasteiger partial charge in [-0.2, -0.15) is 0 Å². The minimum Gasteiger partial charge on any atom is -0.385 e.